The minimum Gasteiger partial charge on any atom is -0.483 e. The number of aryl methyl sites for hydroxylation is 1. The van der Waals surface area contributed by atoms with Gasteiger partial charge in [-0.3, -0.25) is 4.79 Å². The maximum atomic E-state index is 12.2. The van der Waals surface area contributed by atoms with Crippen LogP contribution in [-0.4, -0.2) is 18.2 Å². The van der Waals surface area contributed by atoms with E-state index in [0.29, 0.717) is 11.8 Å². The van der Waals surface area contributed by atoms with Gasteiger partial charge in [0.25, 0.3) is 5.91 Å². The maximum absolute atomic E-state index is 12.2. The van der Waals surface area contributed by atoms with Crippen LogP contribution in [-0.2, 0) is 4.79 Å². The maximum Gasteiger partial charge on any atom is 0.277 e. The van der Waals surface area contributed by atoms with Gasteiger partial charge < -0.3 is 4.74 Å². The van der Waals surface area contributed by atoms with Gasteiger partial charge in [0.15, 0.2) is 6.61 Å². The summed E-state index contributed by atoms with van der Waals surface area (Å²) in [5.41, 5.74) is 8.02. The topological polar surface area (TPSA) is 50.7 Å². The third-order valence-electron chi connectivity index (χ3n) is 4.77. The summed E-state index contributed by atoms with van der Waals surface area (Å²) in [6.07, 6.45) is 3.96. The molecule has 1 aromatic carbocycles. The molecule has 0 unspecified atom stereocenters. The fourth-order valence-corrected chi connectivity index (χ4v) is 2.97. The summed E-state index contributed by atoms with van der Waals surface area (Å²) in [6, 6.07) is 6.09. The van der Waals surface area contributed by atoms with Gasteiger partial charge in [-0.15, -0.1) is 0 Å². The van der Waals surface area contributed by atoms with Gasteiger partial charge in [0.2, 0.25) is 0 Å². The van der Waals surface area contributed by atoms with Crippen LogP contribution in [0.4, 0.5) is 0 Å². The van der Waals surface area contributed by atoms with Crippen LogP contribution in [0.15, 0.2) is 47.1 Å². The molecule has 2 rings (SSSR count). The molecule has 1 aromatic rings. The summed E-state index contributed by atoms with van der Waals surface area (Å²) in [6.45, 7) is 14.3. The highest BCUT2D eigenvalue weighted by molar-refractivity contribution is 6.01. The van der Waals surface area contributed by atoms with Gasteiger partial charge in [-0.2, -0.15) is 5.10 Å². The van der Waals surface area contributed by atoms with Crippen LogP contribution < -0.4 is 10.2 Å². The fraction of sp³-hybridized carbons (Fsp3) is 0.455. The highest BCUT2D eigenvalue weighted by Gasteiger charge is 2.19. The normalized spacial score (nSPS) is 18.6. The number of benzene rings is 1. The van der Waals surface area contributed by atoms with Crippen molar-refractivity contribution in [2.75, 3.05) is 6.61 Å². The number of carbonyl (C=O) groups excluding carboxylic acids is 1. The predicted molar refractivity (Wildman–Crippen MR) is 108 cm³/mol. The molecular weight excluding hydrogens is 324 g/mol. The molecule has 140 valence electrons. The molecule has 0 radical (unpaired) electrons. The Bertz CT molecular complexity index is 745. The van der Waals surface area contributed by atoms with Gasteiger partial charge in [-0.25, -0.2) is 5.43 Å². The second kappa shape index (κ2) is 8.84. The molecule has 0 spiro atoms. The van der Waals surface area contributed by atoms with Crippen molar-refractivity contribution in [3.05, 3.63) is 53.1 Å². The molecule has 0 bridgehead atoms. The van der Waals surface area contributed by atoms with Crippen molar-refractivity contribution in [1.82, 2.24) is 5.43 Å². The SMILES string of the molecule is C=C(C)[C@@H]1CC=C(C)/C(=N/NC(=O)COc2cc(C)ccc2C(C)C)C1. The number of rotatable bonds is 6. The largest absolute Gasteiger partial charge is 0.483 e. The van der Waals surface area contributed by atoms with Crippen LogP contribution in [0.3, 0.4) is 0 Å². The van der Waals surface area contributed by atoms with E-state index in [2.05, 4.69) is 49.2 Å². The number of nitrogens with zero attached hydrogens (tertiary/aromatic N) is 1. The molecular formula is C22H30N2O2. The minimum atomic E-state index is -0.251. The lowest BCUT2D eigenvalue weighted by Crippen LogP contribution is -2.27. The summed E-state index contributed by atoms with van der Waals surface area (Å²) < 4.78 is 5.76. The van der Waals surface area contributed by atoms with Gasteiger partial charge in [0.05, 0.1) is 5.71 Å². The van der Waals surface area contributed by atoms with Crippen molar-refractivity contribution >= 4 is 11.6 Å². The Kier molecular flexibility index (Phi) is 6.78. The zero-order chi connectivity index (χ0) is 19.3. The van der Waals surface area contributed by atoms with Crippen LogP contribution in [0.5, 0.6) is 5.75 Å². The summed E-state index contributed by atoms with van der Waals surface area (Å²) in [7, 11) is 0. The first-order chi connectivity index (χ1) is 12.3. The Hall–Kier alpha value is -2.36. The lowest BCUT2D eigenvalue weighted by Gasteiger charge is -2.22. The molecule has 1 N–H and O–H groups in total. The van der Waals surface area contributed by atoms with Crippen molar-refractivity contribution in [3.63, 3.8) is 0 Å². The third-order valence-corrected chi connectivity index (χ3v) is 4.77. The molecule has 26 heavy (non-hydrogen) atoms. The molecule has 0 fully saturated rings. The summed E-state index contributed by atoms with van der Waals surface area (Å²) in [4.78, 5) is 12.2. The van der Waals surface area contributed by atoms with E-state index in [-0.39, 0.29) is 12.5 Å². The van der Waals surface area contributed by atoms with Crippen molar-refractivity contribution in [2.24, 2.45) is 11.0 Å². The Morgan fingerprint density at radius 1 is 1.38 bits per heavy atom. The van der Waals surface area contributed by atoms with Crippen LogP contribution in [0.2, 0.25) is 0 Å². The number of hydrogen-bond acceptors (Lipinski definition) is 3. The van der Waals surface area contributed by atoms with Crippen LogP contribution in [0.1, 0.15) is 57.6 Å². The molecule has 1 atom stereocenters. The Morgan fingerprint density at radius 2 is 2.12 bits per heavy atom. The molecule has 0 saturated carbocycles. The number of amides is 1. The van der Waals surface area contributed by atoms with E-state index >= 15 is 0 Å². The molecule has 1 amide bonds. The highest BCUT2D eigenvalue weighted by atomic mass is 16.5. The molecule has 0 heterocycles. The Morgan fingerprint density at radius 3 is 2.77 bits per heavy atom. The molecule has 0 saturated heterocycles. The molecule has 1 aliphatic carbocycles. The number of allylic oxidation sites excluding steroid dienone is 3. The zero-order valence-corrected chi connectivity index (χ0v) is 16.6. The molecule has 0 aliphatic heterocycles. The van der Waals surface area contributed by atoms with Gasteiger partial charge in [-0.1, -0.05) is 44.2 Å². The first-order valence-electron chi connectivity index (χ1n) is 9.19. The number of carbonyl (C=O) groups is 1. The van der Waals surface area contributed by atoms with Gasteiger partial charge in [0, 0.05) is 0 Å². The van der Waals surface area contributed by atoms with Gasteiger partial charge in [-0.05, 0) is 68.2 Å². The fourth-order valence-electron chi connectivity index (χ4n) is 2.97. The average Bonchev–Trinajstić information content (AvgIpc) is 2.58. The van der Waals surface area contributed by atoms with E-state index in [0.717, 1.165) is 46.6 Å². The third kappa shape index (κ3) is 5.32. The molecule has 4 heteroatoms. The zero-order valence-electron chi connectivity index (χ0n) is 16.6. The molecule has 0 aromatic heterocycles. The second-order valence-corrected chi connectivity index (χ2v) is 7.45. The number of ether oxygens (including phenoxy) is 1. The number of hydrazone groups is 1. The van der Waals surface area contributed by atoms with E-state index in [9.17, 15) is 4.79 Å². The van der Waals surface area contributed by atoms with Crippen molar-refractivity contribution in [3.8, 4) is 5.75 Å². The predicted octanol–water partition coefficient (Wildman–Crippen LogP) is 4.90. The van der Waals surface area contributed by atoms with Crippen molar-refractivity contribution in [1.29, 1.82) is 0 Å². The minimum absolute atomic E-state index is 0.0490. The summed E-state index contributed by atoms with van der Waals surface area (Å²) in [5.74, 6) is 1.24. The van der Waals surface area contributed by atoms with Crippen molar-refractivity contribution < 1.29 is 9.53 Å². The van der Waals surface area contributed by atoms with Gasteiger partial charge in [0.1, 0.15) is 5.75 Å². The van der Waals surface area contributed by atoms with Crippen LogP contribution in [0.25, 0.3) is 0 Å². The highest BCUT2D eigenvalue weighted by Crippen LogP contribution is 2.28. The van der Waals surface area contributed by atoms with E-state index in [1.54, 1.807) is 0 Å². The Labute approximate surface area is 157 Å². The Balaban J connectivity index is 1.97. The second-order valence-electron chi connectivity index (χ2n) is 7.45. The van der Waals surface area contributed by atoms with Crippen molar-refractivity contribution in [2.45, 2.75) is 53.4 Å². The molecule has 4 nitrogen and oxygen atoms in total. The first-order valence-corrected chi connectivity index (χ1v) is 9.19. The first kappa shape index (κ1) is 20.0. The van der Waals surface area contributed by atoms with E-state index in [4.69, 9.17) is 4.74 Å². The monoisotopic (exact) mass is 354 g/mol. The summed E-state index contributed by atoms with van der Waals surface area (Å²) >= 11 is 0. The average molecular weight is 354 g/mol. The quantitative estimate of drug-likeness (QED) is 0.583. The summed E-state index contributed by atoms with van der Waals surface area (Å²) in [5, 5.41) is 4.31. The standard InChI is InChI=1S/C22H30N2O2/c1-14(2)18-9-8-17(6)20(12-18)23-24-22(25)13-26-21-11-16(5)7-10-19(21)15(3)4/h7-8,10-11,15,18H,1,9,12-13H2,2-6H3,(H,24,25)/b23-20+/t18-/m1/s1. The lowest BCUT2D eigenvalue weighted by molar-refractivity contribution is -0.123. The lowest BCUT2D eigenvalue weighted by atomic mass is 9.85. The van der Waals surface area contributed by atoms with Crippen LogP contribution in [0, 0.1) is 12.8 Å². The molecule has 1 aliphatic rings. The van der Waals surface area contributed by atoms with Gasteiger partial charge >= 0.3 is 0 Å². The van der Waals surface area contributed by atoms with E-state index in [1.807, 2.05) is 26.8 Å². The van der Waals surface area contributed by atoms with E-state index in [1.165, 1.54) is 0 Å². The number of nitrogens with one attached hydrogen (secondary N) is 1. The van der Waals surface area contributed by atoms with Crippen LogP contribution >= 0.6 is 0 Å². The van der Waals surface area contributed by atoms with E-state index < -0.39 is 0 Å². The number of hydrogen-bond donors (Lipinski definition) is 1. The smallest absolute Gasteiger partial charge is 0.277 e.